The molecule has 6 nitrogen and oxygen atoms in total. The van der Waals surface area contributed by atoms with Gasteiger partial charge in [0.2, 0.25) is 0 Å². The summed E-state index contributed by atoms with van der Waals surface area (Å²) in [5, 5.41) is 5.20. The molecule has 0 amide bonds. The van der Waals surface area contributed by atoms with Crippen molar-refractivity contribution in [1.82, 2.24) is 5.32 Å². The fourth-order valence-electron chi connectivity index (χ4n) is 3.93. The minimum Gasteiger partial charge on any atom is -0.325 e. The van der Waals surface area contributed by atoms with Gasteiger partial charge in [0.25, 0.3) is 0 Å². The van der Waals surface area contributed by atoms with Crippen molar-refractivity contribution in [3.63, 3.8) is 0 Å². The molecule has 1 aromatic heterocycles. The number of thiophene rings is 1. The predicted octanol–water partition coefficient (Wildman–Crippen LogP) is 5.10. The number of carbonyl (C=O) groups excluding carboxylic acids is 1. The summed E-state index contributed by atoms with van der Waals surface area (Å²) in [5.41, 5.74) is 1.21. The van der Waals surface area contributed by atoms with Crippen molar-refractivity contribution in [3.05, 3.63) is 52.2 Å². The quantitative estimate of drug-likeness (QED) is 0.519. The molecule has 1 aliphatic carbocycles. The smallest absolute Gasteiger partial charge is 0.325 e. The molecule has 1 atom stereocenters. The van der Waals surface area contributed by atoms with Gasteiger partial charge in [0, 0.05) is 12.6 Å². The molecule has 3 rings (SSSR count). The van der Waals surface area contributed by atoms with E-state index in [-0.39, 0.29) is 4.88 Å². The van der Waals surface area contributed by atoms with Crippen LogP contribution in [0.25, 0.3) is 0 Å². The number of hydrogen-bond donors (Lipinski definition) is 2. The zero-order chi connectivity index (χ0) is 21.4. The first-order chi connectivity index (χ1) is 14.4. The summed E-state index contributed by atoms with van der Waals surface area (Å²) in [5.74, 6) is -0.120. The molecule has 2 N–H and O–H groups in total. The van der Waals surface area contributed by atoms with Gasteiger partial charge in [-0.1, -0.05) is 62.8 Å². The highest BCUT2D eigenvalue weighted by atomic mass is 32.2. The van der Waals surface area contributed by atoms with Gasteiger partial charge < -0.3 is 9.50 Å². The molecule has 30 heavy (non-hydrogen) atoms. The molecular formula is C22H30N2O4S2. The number of rotatable bonds is 9. The van der Waals surface area contributed by atoms with Crippen LogP contribution in [-0.4, -0.2) is 20.4 Å². The van der Waals surface area contributed by atoms with Gasteiger partial charge in [-0.2, -0.15) is 8.42 Å². The minimum atomic E-state index is -4.27. The van der Waals surface area contributed by atoms with Crippen LogP contribution in [0.2, 0.25) is 0 Å². The Morgan fingerprint density at radius 2 is 1.87 bits per heavy atom. The summed E-state index contributed by atoms with van der Waals surface area (Å²) in [6, 6.07) is 10.7. The average Bonchev–Trinajstić information content (AvgIpc) is 3.13. The van der Waals surface area contributed by atoms with Crippen molar-refractivity contribution < 1.29 is 17.4 Å². The summed E-state index contributed by atoms with van der Waals surface area (Å²) in [7, 11) is -4.27. The Morgan fingerprint density at radius 1 is 1.13 bits per heavy atom. The molecule has 0 aliphatic heterocycles. The molecule has 0 radical (unpaired) electrons. The first-order valence-corrected chi connectivity index (χ1v) is 12.8. The normalized spacial score (nSPS) is 16.6. The van der Waals surface area contributed by atoms with E-state index in [9.17, 15) is 13.2 Å². The van der Waals surface area contributed by atoms with Gasteiger partial charge in [0.05, 0.1) is 5.69 Å². The maximum atomic E-state index is 12.3. The second kappa shape index (κ2) is 10.9. The van der Waals surface area contributed by atoms with Crippen molar-refractivity contribution in [2.45, 2.75) is 64.5 Å². The first-order valence-electron chi connectivity index (χ1n) is 10.5. The summed E-state index contributed by atoms with van der Waals surface area (Å²) < 4.78 is 31.7. The number of benzene rings is 1. The van der Waals surface area contributed by atoms with Crippen molar-refractivity contribution in [2.75, 3.05) is 4.72 Å². The number of anilines is 1. The fourth-order valence-corrected chi connectivity index (χ4v) is 5.38. The average molecular weight is 451 g/mol. The number of para-hydroxylation sites is 1. The predicted molar refractivity (Wildman–Crippen MR) is 121 cm³/mol. The van der Waals surface area contributed by atoms with Crippen LogP contribution >= 0.6 is 11.3 Å². The Kier molecular flexibility index (Phi) is 8.30. The Morgan fingerprint density at radius 3 is 2.57 bits per heavy atom. The van der Waals surface area contributed by atoms with E-state index in [1.807, 2.05) is 12.1 Å². The number of nitrogens with one attached hydrogen (secondary N) is 2. The highest BCUT2D eigenvalue weighted by Gasteiger charge is 2.21. The maximum absolute atomic E-state index is 12.3. The number of hydrogen-bond acceptors (Lipinski definition) is 6. The van der Waals surface area contributed by atoms with Crippen LogP contribution in [0, 0.1) is 5.92 Å². The lowest BCUT2D eigenvalue weighted by Gasteiger charge is -2.21. The van der Waals surface area contributed by atoms with Gasteiger partial charge in [-0.25, -0.2) is 4.79 Å². The second-order valence-corrected chi connectivity index (χ2v) is 10.2. The standard InChI is InChI=1S/C22H30N2O4S2/c1-17(15-18-9-4-2-3-5-10-18)23-16-19-11-6-7-12-20(19)24-30(26,27)28-22(25)21-13-8-14-29-21/h6-8,11-14,17-18,23-24H,2-5,9-10,15-16H2,1H3/t17-/m0/s1. The fraction of sp³-hybridized carbons (Fsp3) is 0.500. The highest BCUT2D eigenvalue weighted by Crippen LogP contribution is 2.26. The highest BCUT2D eigenvalue weighted by molar-refractivity contribution is 7.88. The van der Waals surface area contributed by atoms with E-state index in [0.29, 0.717) is 18.3 Å². The minimum absolute atomic E-state index is 0.239. The molecule has 8 heteroatoms. The summed E-state index contributed by atoms with van der Waals surface area (Å²) in [6.45, 7) is 2.71. The Balaban J connectivity index is 1.56. The molecule has 164 valence electrons. The van der Waals surface area contributed by atoms with E-state index in [1.165, 1.54) is 44.6 Å². The third-order valence-corrected chi connectivity index (χ3v) is 7.15. The van der Waals surface area contributed by atoms with Crippen LogP contribution in [0.5, 0.6) is 0 Å². The van der Waals surface area contributed by atoms with E-state index in [2.05, 4.69) is 17.0 Å². The Hall–Kier alpha value is -1.90. The molecule has 1 heterocycles. The van der Waals surface area contributed by atoms with Gasteiger partial charge in [0.15, 0.2) is 0 Å². The second-order valence-electron chi connectivity index (χ2n) is 7.94. The first kappa shape index (κ1) is 22.8. The van der Waals surface area contributed by atoms with Crippen molar-refractivity contribution in [1.29, 1.82) is 0 Å². The van der Waals surface area contributed by atoms with E-state index in [1.54, 1.807) is 23.6 Å². The van der Waals surface area contributed by atoms with Crippen molar-refractivity contribution in [3.8, 4) is 0 Å². The van der Waals surface area contributed by atoms with E-state index < -0.39 is 16.3 Å². The lowest BCUT2D eigenvalue weighted by Crippen LogP contribution is -2.28. The van der Waals surface area contributed by atoms with Crippen LogP contribution in [-0.2, 0) is 21.0 Å². The SMILES string of the molecule is C[C@@H](CC1CCCCCC1)NCc1ccccc1NS(=O)(=O)OC(=O)c1cccs1. The molecule has 1 aromatic carbocycles. The molecule has 0 saturated heterocycles. The molecular weight excluding hydrogens is 420 g/mol. The van der Waals surface area contributed by atoms with E-state index >= 15 is 0 Å². The summed E-state index contributed by atoms with van der Waals surface area (Å²) in [6.07, 6.45) is 9.09. The topological polar surface area (TPSA) is 84.5 Å². The van der Waals surface area contributed by atoms with Gasteiger partial charge in [-0.05, 0) is 42.3 Å². The third kappa shape index (κ3) is 7.11. The molecule has 1 saturated carbocycles. The molecule has 0 spiro atoms. The van der Waals surface area contributed by atoms with Gasteiger partial charge in [0.1, 0.15) is 4.88 Å². The summed E-state index contributed by atoms with van der Waals surface area (Å²) >= 11 is 1.13. The van der Waals surface area contributed by atoms with Crippen LogP contribution in [0.3, 0.4) is 0 Å². The lowest BCUT2D eigenvalue weighted by atomic mass is 9.93. The van der Waals surface area contributed by atoms with Gasteiger partial charge in [-0.15, -0.1) is 11.3 Å². The van der Waals surface area contributed by atoms with Crippen LogP contribution in [0.4, 0.5) is 5.69 Å². The van der Waals surface area contributed by atoms with Crippen molar-refractivity contribution in [2.24, 2.45) is 5.92 Å². The zero-order valence-corrected chi connectivity index (χ0v) is 18.9. The monoisotopic (exact) mass is 450 g/mol. The van der Waals surface area contributed by atoms with Crippen LogP contribution < -0.4 is 10.0 Å². The Labute approximate surface area is 183 Å². The molecule has 0 bridgehead atoms. The Bertz CT molecular complexity index is 905. The van der Waals surface area contributed by atoms with E-state index in [4.69, 9.17) is 4.18 Å². The van der Waals surface area contributed by atoms with Crippen molar-refractivity contribution >= 4 is 33.3 Å². The maximum Gasteiger partial charge on any atom is 0.410 e. The largest absolute Gasteiger partial charge is 0.410 e. The lowest BCUT2D eigenvalue weighted by molar-refractivity contribution is 0.0753. The molecule has 0 unspecified atom stereocenters. The van der Waals surface area contributed by atoms with E-state index in [0.717, 1.165) is 29.2 Å². The number of carbonyl (C=O) groups is 1. The molecule has 1 fully saturated rings. The third-order valence-electron chi connectivity index (χ3n) is 5.46. The molecule has 1 aliphatic rings. The van der Waals surface area contributed by atoms with Gasteiger partial charge in [-0.3, -0.25) is 4.72 Å². The molecule has 2 aromatic rings. The summed E-state index contributed by atoms with van der Waals surface area (Å²) in [4.78, 5) is 12.2. The van der Waals surface area contributed by atoms with Crippen LogP contribution in [0.1, 0.15) is 67.1 Å². The zero-order valence-electron chi connectivity index (χ0n) is 17.3. The van der Waals surface area contributed by atoms with Gasteiger partial charge >= 0.3 is 16.3 Å². The van der Waals surface area contributed by atoms with Crippen LogP contribution in [0.15, 0.2) is 41.8 Å².